The predicted octanol–water partition coefficient (Wildman–Crippen LogP) is 1.34. The monoisotopic (exact) mass is 214 g/mol. The molecule has 0 spiro atoms. The van der Waals surface area contributed by atoms with E-state index in [1.165, 1.54) is 25.9 Å². The van der Waals surface area contributed by atoms with E-state index in [1.807, 2.05) is 0 Å². The van der Waals surface area contributed by atoms with Crippen LogP contribution in [-0.2, 0) is 4.74 Å². The van der Waals surface area contributed by atoms with Crippen molar-refractivity contribution in [1.29, 1.82) is 0 Å². The molecule has 1 fully saturated rings. The minimum atomic E-state index is 0.807. The summed E-state index contributed by atoms with van der Waals surface area (Å²) in [6.45, 7) is 12.1. The van der Waals surface area contributed by atoms with Crippen molar-refractivity contribution in [3.63, 3.8) is 0 Å². The van der Waals surface area contributed by atoms with Gasteiger partial charge in [-0.1, -0.05) is 13.8 Å². The third-order valence-electron chi connectivity index (χ3n) is 2.83. The first kappa shape index (κ1) is 12.9. The maximum atomic E-state index is 5.62. The molecule has 0 aromatic heterocycles. The average Bonchev–Trinajstić information content (AvgIpc) is 2.24. The highest BCUT2D eigenvalue weighted by Crippen LogP contribution is 2.03. The van der Waals surface area contributed by atoms with Gasteiger partial charge in [0, 0.05) is 39.3 Å². The van der Waals surface area contributed by atoms with Crippen LogP contribution in [0.15, 0.2) is 0 Å². The van der Waals surface area contributed by atoms with E-state index in [9.17, 15) is 0 Å². The Hall–Kier alpha value is -0.120. The quantitative estimate of drug-likeness (QED) is 0.647. The first-order valence-corrected chi connectivity index (χ1v) is 6.30. The highest BCUT2D eigenvalue weighted by atomic mass is 16.5. The summed E-state index contributed by atoms with van der Waals surface area (Å²) in [6.07, 6.45) is 2.49. The molecule has 0 saturated carbocycles. The van der Waals surface area contributed by atoms with Crippen molar-refractivity contribution in [1.82, 2.24) is 10.2 Å². The van der Waals surface area contributed by atoms with E-state index in [0.717, 1.165) is 38.8 Å². The van der Waals surface area contributed by atoms with Crippen LogP contribution in [0.3, 0.4) is 0 Å². The van der Waals surface area contributed by atoms with Crippen molar-refractivity contribution >= 4 is 0 Å². The predicted molar refractivity (Wildman–Crippen MR) is 64.2 cm³/mol. The minimum Gasteiger partial charge on any atom is -0.380 e. The standard InChI is InChI=1S/C12H26N2O/c1-12(2)4-3-10-15-11-9-14-7-5-13-6-8-14/h12-13H,3-11H2,1-2H3. The third-order valence-corrected chi connectivity index (χ3v) is 2.83. The molecular weight excluding hydrogens is 188 g/mol. The Kier molecular flexibility index (Phi) is 6.98. The third kappa shape index (κ3) is 6.88. The van der Waals surface area contributed by atoms with E-state index in [2.05, 4.69) is 24.1 Å². The second-order valence-electron chi connectivity index (χ2n) is 4.74. The van der Waals surface area contributed by atoms with Crippen molar-refractivity contribution in [2.24, 2.45) is 5.92 Å². The van der Waals surface area contributed by atoms with Gasteiger partial charge in [-0.3, -0.25) is 4.90 Å². The number of hydrogen-bond acceptors (Lipinski definition) is 3. The van der Waals surface area contributed by atoms with Crippen LogP contribution in [0.2, 0.25) is 0 Å². The molecule has 0 aromatic carbocycles. The SMILES string of the molecule is CC(C)CCCOCCN1CCNCC1. The summed E-state index contributed by atoms with van der Waals surface area (Å²) < 4.78 is 5.62. The highest BCUT2D eigenvalue weighted by molar-refractivity contribution is 4.66. The Bertz CT molecular complexity index is 145. The number of nitrogens with one attached hydrogen (secondary N) is 1. The topological polar surface area (TPSA) is 24.5 Å². The average molecular weight is 214 g/mol. The molecule has 0 unspecified atom stereocenters. The molecule has 90 valence electrons. The first-order chi connectivity index (χ1) is 7.29. The highest BCUT2D eigenvalue weighted by Gasteiger charge is 2.08. The fraction of sp³-hybridized carbons (Fsp3) is 1.00. The summed E-state index contributed by atoms with van der Waals surface area (Å²) in [5.74, 6) is 0.807. The van der Waals surface area contributed by atoms with Gasteiger partial charge in [0.2, 0.25) is 0 Å². The number of piperazine rings is 1. The molecule has 0 aliphatic carbocycles. The largest absolute Gasteiger partial charge is 0.380 e. The van der Waals surface area contributed by atoms with Gasteiger partial charge in [0.25, 0.3) is 0 Å². The van der Waals surface area contributed by atoms with E-state index in [-0.39, 0.29) is 0 Å². The summed E-state index contributed by atoms with van der Waals surface area (Å²) in [7, 11) is 0. The Morgan fingerprint density at radius 3 is 2.60 bits per heavy atom. The molecular formula is C12H26N2O. The van der Waals surface area contributed by atoms with Gasteiger partial charge in [-0.15, -0.1) is 0 Å². The molecule has 3 heteroatoms. The molecule has 0 bridgehead atoms. The molecule has 3 nitrogen and oxygen atoms in total. The van der Waals surface area contributed by atoms with E-state index >= 15 is 0 Å². The van der Waals surface area contributed by atoms with Crippen LogP contribution in [-0.4, -0.2) is 50.8 Å². The summed E-state index contributed by atoms with van der Waals surface area (Å²) in [5, 5.41) is 3.36. The number of ether oxygens (including phenoxy) is 1. The van der Waals surface area contributed by atoms with Crippen LogP contribution >= 0.6 is 0 Å². The Morgan fingerprint density at radius 1 is 1.20 bits per heavy atom. The second kappa shape index (κ2) is 8.08. The summed E-state index contributed by atoms with van der Waals surface area (Å²) in [5.41, 5.74) is 0. The summed E-state index contributed by atoms with van der Waals surface area (Å²) in [4.78, 5) is 2.47. The lowest BCUT2D eigenvalue weighted by Gasteiger charge is -2.26. The van der Waals surface area contributed by atoms with Crippen molar-refractivity contribution in [2.45, 2.75) is 26.7 Å². The van der Waals surface area contributed by atoms with Crippen LogP contribution < -0.4 is 5.32 Å². The van der Waals surface area contributed by atoms with Crippen LogP contribution in [0.5, 0.6) is 0 Å². The van der Waals surface area contributed by atoms with Gasteiger partial charge in [0.15, 0.2) is 0 Å². The Labute approximate surface area is 94.2 Å². The lowest BCUT2D eigenvalue weighted by molar-refractivity contribution is 0.0950. The van der Waals surface area contributed by atoms with Crippen molar-refractivity contribution in [2.75, 3.05) is 45.9 Å². The fourth-order valence-corrected chi connectivity index (χ4v) is 1.82. The molecule has 1 aliphatic heterocycles. The number of rotatable bonds is 7. The molecule has 0 radical (unpaired) electrons. The molecule has 15 heavy (non-hydrogen) atoms. The van der Waals surface area contributed by atoms with Crippen LogP contribution in [0, 0.1) is 5.92 Å². The van der Waals surface area contributed by atoms with Crippen LogP contribution in [0.25, 0.3) is 0 Å². The van der Waals surface area contributed by atoms with E-state index in [4.69, 9.17) is 4.74 Å². The van der Waals surface area contributed by atoms with E-state index < -0.39 is 0 Å². The number of nitrogens with zero attached hydrogens (tertiary/aromatic N) is 1. The van der Waals surface area contributed by atoms with Gasteiger partial charge in [-0.05, 0) is 18.8 Å². The molecule has 1 aliphatic rings. The van der Waals surface area contributed by atoms with Crippen molar-refractivity contribution in [3.05, 3.63) is 0 Å². The van der Waals surface area contributed by atoms with Crippen molar-refractivity contribution in [3.8, 4) is 0 Å². The number of hydrogen-bond donors (Lipinski definition) is 1. The zero-order chi connectivity index (χ0) is 10.9. The zero-order valence-corrected chi connectivity index (χ0v) is 10.3. The van der Waals surface area contributed by atoms with Gasteiger partial charge >= 0.3 is 0 Å². The van der Waals surface area contributed by atoms with Crippen molar-refractivity contribution < 1.29 is 4.74 Å². The normalized spacial score (nSPS) is 18.6. The molecule has 1 rings (SSSR count). The van der Waals surface area contributed by atoms with E-state index in [0.29, 0.717) is 0 Å². The molecule has 0 aromatic rings. The zero-order valence-electron chi connectivity index (χ0n) is 10.3. The Balaban J connectivity index is 1.83. The first-order valence-electron chi connectivity index (χ1n) is 6.30. The summed E-state index contributed by atoms with van der Waals surface area (Å²) >= 11 is 0. The fourth-order valence-electron chi connectivity index (χ4n) is 1.82. The lowest BCUT2D eigenvalue weighted by Crippen LogP contribution is -2.44. The van der Waals surface area contributed by atoms with Gasteiger partial charge in [-0.25, -0.2) is 0 Å². The van der Waals surface area contributed by atoms with Gasteiger partial charge in [0.1, 0.15) is 0 Å². The Morgan fingerprint density at radius 2 is 1.93 bits per heavy atom. The summed E-state index contributed by atoms with van der Waals surface area (Å²) in [6, 6.07) is 0. The molecule has 0 atom stereocenters. The van der Waals surface area contributed by atoms with Crippen LogP contribution in [0.1, 0.15) is 26.7 Å². The van der Waals surface area contributed by atoms with Gasteiger partial charge in [-0.2, -0.15) is 0 Å². The smallest absolute Gasteiger partial charge is 0.0593 e. The maximum Gasteiger partial charge on any atom is 0.0593 e. The molecule has 1 N–H and O–H groups in total. The second-order valence-corrected chi connectivity index (χ2v) is 4.74. The lowest BCUT2D eigenvalue weighted by atomic mass is 10.1. The molecule has 1 heterocycles. The van der Waals surface area contributed by atoms with Crippen LogP contribution in [0.4, 0.5) is 0 Å². The van der Waals surface area contributed by atoms with E-state index in [1.54, 1.807) is 0 Å². The minimum absolute atomic E-state index is 0.807. The van der Waals surface area contributed by atoms with Gasteiger partial charge in [0.05, 0.1) is 6.61 Å². The molecule has 1 saturated heterocycles. The molecule has 0 amide bonds. The maximum absolute atomic E-state index is 5.62. The van der Waals surface area contributed by atoms with Gasteiger partial charge < -0.3 is 10.1 Å².